The van der Waals surface area contributed by atoms with Crippen LogP contribution in [0.3, 0.4) is 0 Å². The maximum atomic E-state index is 12.2. The number of aliphatic imine (C=N–C) groups is 1. The van der Waals surface area contributed by atoms with Crippen molar-refractivity contribution < 1.29 is 4.79 Å². The van der Waals surface area contributed by atoms with Crippen LogP contribution in [0.25, 0.3) is 0 Å². The van der Waals surface area contributed by atoms with Crippen LogP contribution in [0.1, 0.15) is 38.7 Å². The van der Waals surface area contributed by atoms with Crippen molar-refractivity contribution in [3.63, 3.8) is 0 Å². The average molecular weight is 360 g/mol. The van der Waals surface area contributed by atoms with E-state index in [4.69, 9.17) is 0 Å². The lowest BCUT2D eigenvalue weighted by atomic mass is 10.1. The molecule has 0 aromatic heterocycles. The van der Waals surface area contributed by atoms with Crippen molar-refractivity contribution in [2.24, 2.45) is 4.99 Å². The number of amides is 1. The summed E-state index contributed by atoms with van der Waals surface area (Å²) >= 11 is 0. The minimum atomic E-state index is -0.105. The van der Waals surface area contributed by atoms with Gasteiger partial charge in [0.25, 0.3) is 0 Å². The molecular weight excluding hydrogens is 326 g/mol. The highest BCUT2D eigenvalue weighted by atomic mass is 16.1. The molecule has 1 fully saturated rings. The Morgan fingerprint density at radius 3 is 2.69 bits per heavy atom. The summed E-state index contributed by atoms with van der Waals surface area (Å²) in [6.45, 7) is 9.24. The predicted molar refractivity (Wildman–Crippen MR) is 109 cm³/mol. The molecule has 6 heteroatoms. The predicted octanol–water partition coefficient (Wildman–Crippen LogP) is 2.23. The molecule has 1 aliphatic heterocycles. The third-order valence-corrected chi connectivity index (χ3v) is 4.51. The Balaban J connectivity index is 1.77. The van der Waals surface area contributed by atoms with Crippen LogP contribution < -0.4 is 16.0 Å². The Labute approximate surface area is 157 Å². The number of hydrogen-bond donors (Lipinski definition) is 3. The third-order valence-electron chi connectivity index (χ3n) is 4.51. The Morgan fingerprint density at radius 1 is 1.15 bits per heavy atom. The van der Waals surface area contributed by atoms with Gasteiger partial charge in [0.2, 0.25) is 5.91 Å². The zero-order valence-corrected chi connectivity index (χ0v) is 16.2. The highest BCUT2D eigenvalue weighted by Gasteiger charge is 2.09. The summed E-state index contributed by atoms with van der Waals surface area (Å²) < 4.78 is 0. The number of aryl methyl sites for hydroxylation is 1. The lowest BCUT2D eigenvalue weighted by Crippen LogP contribution is -2.43. The van der Waals surface area contributed by atoms with Crippen molar-refractivity contribution in [2.45, 2.75) is 39.5 Å². The summed E-state index contributed by atoms with van der Waals surface area (Å²) in [5.74, 6) is 0.591. The van der Waals surface area contributed by atoms with Crippen molar-refractivity contribution >= 4 is 17.6 Å². The number of likely N-dealkylation sites (tertiary alicyclic amines) is 1. The normalized spacial score (nSPS) is 15.5. The van der Waals surface area contributed by atoms with Gasteiger partial charge in [0.05, 0.1) is 0 Å². The molecule has 1 aliphatic rings. The monoisotopic (exact) mass is 359 g/mol. The van der Waals surface area contributed by atoms with Crippen LogP contribution in [-0.2, 0) is 11.2 Å². The van der Waals surface area contributed by atoms with Gasteiger partial charge in [-0.1, -0.05) is 25.5 Å². The number of anilines is 1. The van der Waals surface area contributed by atoms with Crippen LogP contribution >= 0.6 is 0 Å². The first kappa shape index (κ1) is 20.2. The van der Waals surface area contributed by atoms with Crippen molar-refractivity contribution in [3.05, 3.63) is 29.8 Å². The maximum absolute atomic E-state index is 12.2. The molecule has 0 atom stereocenters. The van der Waals surface area contributed by atoms with E-state index in [1.165, 1.54) is 37.9 Å². The van der Waals surface area contributed by atoms with Gasteiger partial charge in [-0.05, 0) is 57.0 Å². The molecule has 144 valence electrons. The Kier molecular flexibility index (Phi) is 8.96. The fourth-order valence-corrected chi connectivity index (χ4v) is 3.08. The SMILES string of the molecule is CCNC(=NCC(=O)Nc1cccc(CC)c1)NCCN1CCCCC1. The zero-order valence-electron chi connectivity index (χ0n) is 16.2. The summed E-state index contributed by atoms with van der Waals surface area (Å²) in [6.07, 6.45) is 4.90. The zero-order chi connectivity index (χ0) is 18.6. The van der Waals surface area contributed by atoms with Crippen LogP contribution in [0.15, 0.2) is 29.3 Å². The lowest BCUT2D eigenvalue weighted by molar-refractivity contribution is -0.114. The molecule has 1 saturated heterocycles. The summed E-state index contributed by atoms with van der Waals surface area (Å²) in [5.41, 5.74) is 2.03. The van der Waals surface area contributed by atoms with Crippen LogP contribution in [0.2, 0.25) is 0 Å². The number of rotatable bonds is 8. The molecule has 0 unspecified atom stereocenters. The second-order valence-corrected chi connectivity index (χ2v) is 6.63. The van der Waals surface area contributed by atoms with Gasteiger partial charge >= 0.3 is 0 Å². The molecule has 0 radical (unpaired) electrons. The number of carbonyl (C=O) groups is 1. The lowest BCUT2D eigenvalue weighted by Gasteiger charge is -2.26. The molecule has 1 heterocycles. The first-order valence-corrected chi connectivity index (χ1v) is 9.84. The molecule has 3 N–H and O–H groups in total. The fourth-order valence-electron chi connectivity index (χ4n) is 3.08. The molecule has 0 saturated carbocycles. The van der Waals surface area contributed by atoms with Crippen molar-refractivity contribution in [1.82, 2.24) is 15.5 Å². The van der Waals surface area contributed by atoms with Crippen molar-refractivity contribution in [2.75, 3.05) is 44.6 Å². The van der Waals surface area contributed by atoms with Crippen LogP contribution in [0.5, 0.6) is 0 Å². The van der Waals surface area contributed by atoms with Gasteiger partial charge in [-0.3, -0.25) is 4.79 Å². The molecular formula is C20H33N5O. The van der Waals surface area contributed by atoms with Gasteiger partial charge in [-0.25, -0.2) is 4.99 Å². The van der Waals surface area contributed by atoms with E-state index in [0.717, 1.165) is 31.7 Å². The Morgan fingerprint density at radius 2 is 1.96 bits per heavy atom. The largest absolute Gasteiger partial charge is 0.357 e. The quantitative estimate of drug-likeness (QED) is 0.492. The van der Waals surface area contributed by atoms with Gasteiger partial charge < -0.3 is 20.9 Å². The first-order chi connectivity index (χ1) is 12.7. The number of benzene rings is 1. The minimum absolute atomic E-state index is 0.105. The number of hydrogen-bond acceptors (Lipinski definition) is 3. The molecule has 0 aliphatic carbocycles. The van der Waals surface area contributed by atoms with Crippen LogP contribution in [0.4, 0.5) is 5.69 Å². The average Bonchev–Trinajstić information content (AvgIpc) is 2.67. The van der Waals surface area contributed by atoms with E-state index in [1.54, 1.807) is 0 Å². The number of carbonyl (C=O) groups excluding carboxylic acids is 1. The first-order valence-electron chi connectivity index (χ1n) is 9.84. The third kappa shape index (κ3) is 7.44. The van der Waals surface area contributed by atoms with E-state index in [9.17, 15) is 4.79 Å². The number of piperidine rings is 1. The minimum Gasteiger partial charge on any atom is -0.357 e. The smallest absolute Gasteiger partial charge is 0.246 e. The second-order valence-electron chi connectivity index (χ2n) is 6.63. The van der Waals surface area contributed by atoms with Gasteiger partial charge in [0.15, 0.2) is 5.96 Å². The summed E-state index contributed by atoms with van der Waals surface area (Å²) in [4.78, 5) is 19.0. The van der Waals surface area contributed by atoms with Crippen molar-refractivity contribution in [3.8, 4) is 0 Å². The summed E-state index contributed by atoms with van der Waals surface area (Å²) in [6, 6.07) is 7.93. The summed E-state index contributed by atoms with van der Waals surface area (Å²) in [5, 5.41) is 9.43. The fraction of sp³-hybridized carbons (Fsp3) is 0.600. The van der Waals surface area contributed by atoms with E-state index < -0.39 is 0 Å². The van der Waals surface area contributed by atoms with Crippen LogP contribution in [-0.4, -0.2) is 56.0 Å². The second kappa shape index (κ2) is 11.5. The number of nitrogens with zero attached hydrogens (tertiary/aromatic N) is 2. The van der Waals surface area contributed by atoms with E-state index in [0.29, 0.717) is 5.96 Å². The van der Waals surface area contributed by atoms with Crippen molar-refractivity contribution in [1.29, 1.82) is 0 Å². The van der Waals surface area contributed by atoms with E-state index in [2.05, 4.69) is 38.8 Å². The molecule has 1 aromatic rings. The molecule has 1 aromatic carbocycles. The molecule has 26 heavy (non-hydrogen) atoms. The molecule has 6 nitrogen and oxygen atoms in total. The Bertz CT molecular complexity index is 581. The molecule has 0 bridgehead atoms. The molecule has 2 rings (SSSR count). The highest BCUT2D eigenvalue weighted by molar-refractivity contribution is 5.94. The Hall–Kier alpha value is -2.08. The van der Waals surface area contributed by atoms with E-state index >= 15 is 0 Å². The van der Waals surface area contributed by atoms with Crippen LogP contribution in [0, 0.1) is 0 Å². The molecule has 0 spiro atoms. The van der Waals surface area contributed by atoms with Gasteiger partial charge in [-0.2, -0.15) is 0 Å². The highest BCUT2D eigenvalue weighted by Crippen LogP contribution is 2.11. The van der Waals surface area contributed by atoms with E-state index in [1.807, 2.05) is 25.1 Å². The standard InChI is InChI=1S/C20H33N5O/c1-3-17-9-8-10-18(15-17)24-19(26)16-23-20(21-4-2)22-11-14-25-12-6-5-7-13-25/h8-10,15H,3-7,11-14,16H2,1-2H3,(H,24,26)(H2,21,22,23). The van der Waals surface area contributed by atoms with Gasteiger partial charge in [0, 0.05) is 25.3 Å². The van der Waals surface area contributed by atoms with Gasteiger partial charge in [0.1, 0.15) is 6.54 Å². The number of nitrogens with one attached hydrogen (secondary N) is 3. The number of guanidine groups is 1. The van der Waals surface area contributed by atoms with E-state index in [-0.39, 0.29) is 12.5 Å². The van der Waals surface area contributed by atoms with Gasteiger partial charge in [-0.15, -0.1) is 0 Å². The summed E-state index contributed by atoms with van der Waals surface area (Å²) in [7, 11) is 0. The molecule has 1 amide bonds. The maximum Gasteiger partial charge on any atom is 0.246 e. The topological polar surface area (TPSA) is 68.8 Å².